The standard InChI is InChI=1S/C14H14NO/c1-16-15(14-10-6-3-7-11-14)12-13-8-4-2-5-9-13/h2-12H,1H3/q+1. The molecule has 0 amide bonds. The van der Waals surface area contributed by atoms with E-state index in [1.807, 2.05) is 66.9 Å². The monoisotopic (exact) mass is 212 g/mol. The molecule has 0 saturated heterocycles. The van der Waals surface area contributed by atoms with E-state index in [0.717, 1.165) is 11.3 Å². The number of hydrogen-bond donors (Lipinski definition) is 0. The molecule has 2 aromatic rings. The number of hydrogen-bond acceptors (Lipinski definition) is 1. The fourth-order valence-corrected chi connectivity index (χ4v) is 1.48. The summed E-state index contributed by atoms with van der Waals surface area (Å²) < 4.78 is 1.75. The Labute approximate surface area is 95.4 Å². The summed E-state index contributed by atoms with van der Waals surface area (Å²) in [4.78, 5) is 5.32. The summed E-state index contributed by atoms with van der Waals surface area (Å²) in [5, 5.41) is 0. The second-order valence-electron chi connectivity index (χ2n) is 3.38. The zero-order chi connectivity index (χ0) is 11.2. The average molecular weight is 212 g/mol. The Morgan fingerprint density at radius 2 is 1.44 bits per heavy atom. The third kappa shape index (κ3) is 2.48. The second kappa shape index (κ2) is 5.12. The summed E-state index contributed by atoms with van der Waals surface area (Å²) in [6.07, 6.45) is 1.95. The van der Waals surface area contributed by atoms with Crippen LogP contribution in [-0.2, 0) is 4.84 Å². The molecule has 0 bridgehead atoms. The van der Waals surface area contributed by atoms with Crippen LogP contribution in [0.5, 0.6) is 0 Å². The summed E-state index contributed by atoms with van der Waals surface area (Å²) >= 11 is 0. The molecule has 80 valence electrons. The van der Waals surface area contributed by atoms with Gasteiger partial charge in [0, 0.05) is 22.4 Å². The molecule has 0 saturated carbocycles. The minimum atomic E-state index is 1.01. The van der Waals surface area contributed by atoms with Crippen LogP contribution in [0.2, 0.25) is 0 Å². The molecule has 2 rings (SSSR count). The second-order valence-corrected chi connectivity index (χ2v) is 3.38. The van der Waals surface area contributed by atoms with Gasteiger partial charge in [0.1, 0.15) is 7.11 Å². The first-order chi connectivity index (χ1) is 7.90. The van der Waals surface area contributed by atoms with Crippen LogP contribution >= 0.6 is 0 Å². The van der Waals surface area contributed by atoms with Crippen LogP contribution in [0, 0.1) is 0 Å². The smallest absolute Gasteiger partial charge is 0.257 e. The van der Waals surface area contributed by atoms with Crippen molar-refractivity contribution in [2.45, 2.75) is 0 Å². The van der Waals surface area contributed by atoms with Crippen LogP contribution in [0.25, 0.3) is 0 Å². The normalized spacial score (nSPS) is 11.2. The molecule has 0 radical (unpaired) electrons. The first kappa shape index (κ1) is 10.4. The maximum Gasteiger partial charge on any atom is 0.257 e. The van der Waals surface area contributed by atoms with Crippen LogP contribution in [0.3, 0.4) is 0 Å². The first-order valence-electron chi connectivity index (χ1n) is 5.18. The number of para-hydroxylation sites is 1. The fraction of sp³-hybridized carbons (Fsp3) is 0.0714. The van der Waals surface area contributed by atoms with Gasteiger partial charge in [-0.05, 0) is 12.1 Å². The van der Waals surface area contributed by atoms with E-state index in [1.54, 1.807) is 11.8 Å². The lowest BCUT2D eigenvalue weighted by Gasteiger charge is -1.97. The summed E-state index contributed by atoms with van der Waals surface area (Å²) in [7, 11) is 1.66. The van der Waals surface area contributed by atoms with E-state index in [2.05, 4.69) is 0 Å². The van der Waals surface area contributed by atoms with Gasteiger partial charge in [-0.1, -0.05) is 36.4 Å². The van der Waals surface area contributed by atoms with Gasteiger partial charge < -0.3 is 0 Å². The average Bonchev–Trinajstić information content (AvgIpc) is 2.38. The minimum Gasteiger partial charge on any atom is -0.274 e. The lowest BCUT2D eigenvalue weighted by molar-refractivity contribution is -0.716. The maximum atomic E-state index is 5.32. The maximum absolute atomic E-state index is 5.32. The van der Waals surface area contributed by atoms with E-state index >= 15 is 0 Å². The van der Waals surface area contributed by atoms with Gasteiger partial charge in [0.2, 0.25) is 6.21 Å². The molecular formula is C14H14NO+. The molecule has 2 heteroatoms. The highest BCUT2D eigenvalue weighted by Crippen LogP contribution is 2.10. The Hall–Kier alpha value is -2.09. The van der Waals surface area contributed by atoms with Gasteiger partial charge in [-0.2, -0.15) is 0 Å². The SMILES string of the molecule is CO[N+](=Cc1ccccc1)c1ccccc1. The van der Waals surface area contributed by atoms with E-state index in [-0.39, 0.29) is 0 Å². The number of nitrogens with zero attached hydrogens (tertiary/aromatic N) is 1. The van der Waals surface area contributed by atoms with Crippen molar-refractivity contribution in [2.75, 3.05) is 7.11 Å². The predicted octanol–water partition coefficient (Wildman–Crippen LogP) is 3.01. The Bertz CT molecular complexity index is 463. The van der Waals surface area contributed by atoms with Gasteiger partial charge in [-0.15, -0.1) is 0 Å². The van der Waals surface area contributed by atoms with Crippen LogP contribution in [-0.4, -0.2) is 18.1 Å². The molecule has 0 atom stereocenters. The number of rotatable bonds is 3. The van der Waals surface area contributed by atoms with E-state index in [0.29, 0.717) is 0 Å². The molecule has 16 heavy (non-hydrogen) atoms. The third-order valence-corrected chi connectivity index (χ3v) is 2.27. The first-order valence-corrected chi connectivity index (χ1v) is 5.18. The van der Waals surface area contributed by atoms with Crippen LogP contribution < -0.4 is 0 Å². The third-order valence-electron chi connectivity index (χ3n) is 2.27. The van der Waals surface area contributed by atoms with Gasteiger partial charge in [-0.3, -0.25) is 4.84 Å². The Kier molecular flexibility index (Phi) is 3.34. The highest BCUT2D eigenvalue weighted by Gasteiger charge is 2.08. The zero-order valence-electron chi connectivity index (χ0n) is 9.21. The van der Waals surface area contributed by atoms with Crippen LogP contribution in [0.1, 0.15) is 5.56 Å². The van der Waals surface area contributed by atoms with Gasteiger partial charge in [-0.25, -0.2) is 0 Å². The molecule has 0 heterocycles. The lowest BCUT2D eigenvalue weighted by Crippen LogP contribution is -2.05. The quantitative estimate of drug-likeness (QED) is 0.433. The van der Waals surface area contributed by atoms with E-state index in [4.69, 9.17) is 4.84 Å². The van der Waals surface area contributed by atoms with Crippen molar-refractivity contribution in [3.8, 4) is 0 Å². The van der Waals surface area contributed by atoms with Crippen molar-refractivity contribution in [1.29, 1.82) is 0 Å². The van der Waals surface area contributed by atoms with Gasteiger partial charge in [0.05, 0.1) is 0 Å². The zero-order valence-corrected chi connectivity index (χ0v) is 9.21. The van der Waals surface area contributed by atoms with Crippen molar-refractivity contribution >= 4 is 11.9 Å². The molecule has 2 nitrogen and oxygen atoms in total. The van der Waals surface area contributed by atoms with Crippen LogP contribution in [0.15, 0.2) is 60.7 Å². The molecule has 0 unspecified atom stereocenters. The fourth-order valence-electron chi connectivity index (χ4n) is 1.48. The largest absolute Gasteiger partial charge is 0.274 e. The van der Waals surface area contributed by atoms with Crippen LogP contribution in [0.4, 0.5) is 5.69 Å². The molecule has 0 spiro atoms. The highest BCUT2D eigenvalue weighted by molar-refractivity contribution is 5.76. The molecule has 0 aliphatic carbocycles. The van der Waals surface area contributed by atoms with E-state index < -0.39 is 0 Å². The van der Waals surface area contributed by atoms with E-state index in [1.165, 1.54) is 0 Å². The van der Waals surface area contributed by atoms with Crippen molar-refractivity contribution in [3.63, 3.8) is 0 Å². The van der Waals surface area contributed by atoms with Gasteiger partial charge in [0.25, 0.3) is 5.69 Å². The van der Waals surface area contributed by atoms with Crippen molar-refractivity contribution in [2.24, 2.45) is 0 Å². The predicted molar refractivity (Wildman–Crippen MR) is 65.0 cm³/mol. The minimum absolute atomic E-state index is 1.01. The van der Waals surface area contributed by atoms with Crippen molar-refractivity contribution in [3.05, 3.63) is 66.2 Å². The Morgan fingerprint density at radius 1 is 0.875 bits per heavy atom. The topological polar surface area (TPSA) is 12.2 Å². The highest BCUT2D eigenvalue weighted by atomic mass is 16.7. The lowest BCUT2D eigenvalue weighted by atomic mass is 10.2. The van der Waals surface area contributed by atoms with Crippen molar-refractivity contribution < 1.29 is 9.58 Å². The molecule has 0 N–H and O–H groups in total. The summed E-state index contributed by atoms with van der Waals surface area (Å²) in [5.74, 6) is 0. The van der Waals surface area contributed by atoms with Gasteiger partial charge in [0.15, 0.2) is 0 Å². The molecule has 2 aromatic carbocycles. The Morgan fingerprint density at radius 3 is 2.00 bits per heavy atom. The molecule has 0 aliphatic heterocycles. The molecule has 0 aromatic heterocycles. The van der Waals surface area contributed by atoms with E-state index in [9.17, 15) is 0 Å². The summed E-state index contributed by atoms with van der Waals surface area (Å²) in [6, 6.07) is 20.0. The molecular weight excluding hydrogens is 198 g/mol. The number of benzene rings is 2. The summed E-state index contributed by atoms with van der Waals surface area (Å²) in [6.45, 7) is 0. The molecule has 0 fully saturated rings. The molecule has 0 aliphatic rings. The van der Waals surface area contributed by atoms with Crippen molar-refractivity contribution in [1.82, 2.24) is 0 Å². The Balaban J connectivity index is 2.34. The summed E-state index contributed by atoms with van der Waals surface area (Å²) in [5.41, 5.74) is 2.11. The van der Waals surface area contributed by atoms with Gasteiger partial charge >= 0.3 is 0 Å².